The van der Waals surface area contributed by atoms with Gasteiger partial charge in [0.05, 0.1) is 19.6 Å². The number of hydrogen-bond donors (Lipinski definition) is 0. The summed E-state index contributed by atoms with van der Waals surface area (Å²) in [6, 6.07) is 7.15. The van der Waals surface area contributed by atoms with E-state index in [1.807, 2.05) is 6.92 Å². The summed E-state index contributed by atoms with van der Waals surface area (Å²) in [6.07, 6.45) is 2.06. The second kappa shape index (κ2) is 12.2. The van der Waals surface area contributed by atoms with Crippen LogP contribution in [0.5, 0.6) is 11.5 Å². The molecule has 6 heteroatoms. The summed E-state index contributed by atoms with van der Waals surface area (Å²) in [5.41, 5.74) is 0. The molecule has 1 amide bonds. The minimum Gasteiger partial charge on any atom is -0.494 e. The normalized spacial score (nSPS) is 10.2. The van der Waals surface area contributed by atoms with Crippen LogP contribution in [0.4, 0.5) is 0 Å². The van der Waals surface area contributed by atoms with Crippen LogP contribution in [0.15, 0.2) is 24.3 Å². The fourth-order valence-corrected chi connectivity index (χ4v) is 2.20. The van der Waals surface area contributed by atoms with E-state index < -0.39 is 0 Å². The molecule has 0 aliphatic rings. The maximum atomic E-state index is 12.4. The summed E-state index contributed by atoms with van der Waals surface area (Å²) in [4.78, 5) is 25.6. The van der Waals surface area contributed by atoms with E-state index in [1.54, 1.807) is 36.1 Å². The molecule has 0 saturated heterocycles. The van der Waals surface area contributed by atoms with Crippen molar-refractivity contribution in [1.82, 2.24) is 4.90 Å². The molecule has 0 aliphatic carbocycles. The minimum atomic E-state index is -0.288. The predicted octanol–water partition coefficient (Wildman–Crippen LogP) is 3.05. The zero-order valence-corrected chi connectivity index (χ0v) is 15.5. The van der Waals surface area contributed by atoms with E-state index in [1.165, 1.54) is 0 Å². The summed E-state index contributed by atoms with van der Waals surface area (Å²) in [5.74, 6) is 0.952. The Balaban J connectivity index is 2.50. The van der Waals surface area contributed by atoms with Crippen molar-refractivity contribution in [3.05, 3.63) is 24.3 Å². The first-order valence-electron chi connectivity index (χ1n) is 8.89. The summed E-state index contributed by atoms with van der Waals surface area (Å²) in [7, 11) is 0. The zero-order chi connectivity index (χ0) is 18.5. The Labute approximate surface area is 150 Å². The van der Waals surface area contributed by atoms with Crippen molar-refractivity contribution in [2.75, 3.05) is 32.9 Å². The number of unbranched alkanes of at least 4 members (excludes halogenated alkanes) is 1. The van der Waals surface area contributed by atoms with Crippen molar-refractivity contribution < 1.29 is 23.8 Å². The molecular weight excluding hydrogens is 322 g/mol. The molecule has 0 aromatic heterocycles. The Morgan fingerprint density at radius 3 is 2.12 bits per heavy atom. The van der Waals surface area contributed by atoms with Crippen LogP contribution in [0.25, 0.3) is 0 Å². The van der Waals surface area contributed by atoms with Crippen molar-refractivity contribution in [3.8, 4) is 11.5 Å². The predicted molar refractivity (Wildman–Crippen MR) is 95.8 cm³/mol. The third-order valence-electron chi connectivity index (χ3n) is 3.52. The number of hydrogen-bond acceptors (Lipinski definition) is 5. The van der Waals surface area contributed by atoms with Crippen molar-refractivity contribution >= 4 is 11.9 Å². The molecule has 0 spiro atoms. The van der Waals surface area contributed by atoms with Crippen LogP contribution in [-0.4, -0.2) is 49.7 Å². The molecule has 0 atom stereocenters. The Bertz CT molecular complexity index is 515. The highest BCUT2D eigenvalue weighted by atomic mass is 16.5. The van der Waals surface area contributed by atoms with Crippen LogP contribution >= 0.6 is 0 Å². The Kier molecular flexibility index (Phi) is 10.1. The Morgan fingerprint density at radius 2 is 1.56 bits per heavy atom. The lowest BCUT2D eigenvalue weighted by Crippen LogP contribution is -2.37. The highest BCUT2D eigenvalue weighted by Gasteiger charge is 2.15. The van der Waals surface area contributed by atoms with Gasteiger partial charge in [0.15, 0.2) is 6.61 Å². The average molecular weight is 351 g/mol. The summed E-state index contributed by atoms with van der Waals surface area (Å²) in [5, 5.41) is 0. The van der Waals surface area contributed by atoms with Gasteiger partial charge in [-0.1, -0.05) is 13.3 Å². The van der Waals surface area contributed by atoms with E-state index in [4.69, 9.17) is 14.2 Å². The fourth-order valence-electron chi connectivity index (χ4n) is 2.20. The summed E-state index contributed by atoms with van der Waals surface area (Å²) < 4.78 is 15.8. The average Bonchev–Trinajstić information content (AvgIpc) is 2.61. The van der Waals surface area contributed by atoms with Gasteiger partial charge in [-0.3, -0.25) is 9.59 Å². The molecule has 1 aromatic rings. The maximum Gasteiger partial charge on any atom is 0.307 e. The zero-order valence-electron chi connectivity index (χ0n) is 15.5. The van der Waals surface area contributed by atoms with Crippen LogP contribution < -0.4 is 9.47 Å². The van der Waals surface area contributed by atoms with E-state index in [-0.39, 0.29) is 24.9 Å². The molecule has 0 bridgehead atoms. The molecule has 140 valence electrons. The third-order valence-corrected chi connectivity index (χ3v) is 3.52. The number of carbonyl (C=O) groups is 2. The van der Waals surface area contributed by atoms with Crippen LogP contribution in [-0.2, 0) is 14.3 Å². The minimum absolute atomic E-state index is 0.0550. The van der Waals surface area contributed by atoms with Gasteiger partial charge in [0, 0.05) is 13.1 Å². The monoisotopic (exact) mass is 351 g/mol. The molecule has 0 unspecified atom stereocenters. The SMILES string of the molecule is CCCCN(CCC(=O)OCC)C(=O)COc1ccc(OCC)cc1. The van der Waals surface area contributed by atoms with Crippen LogP contribution in [0.1, 0.15) is 40.0 Å². The molecule has 0 N–H and O–H groups in total. The van der Waals surface area contributed by atoms with Crippen molar-refractivity contribution in [1.29, 1.82) is 0 Å². The number of amides is 1. The van der Waals surface area contributed by atoms with Gasteiger partial charge in [0.25, 0.3) is 5.91 Å². The highest BCUT2D eigenvalue weighted by Crippen LogP contribution is 2.17. The van der Waals surface area contributed by atoms with Gasteiger partial charge >= 0.3 is 5.97 Å². The number of rotatable bonds is 12. The number of benzene rings is 1. The molecular formula is C19H29NO5. The lowest BCUT2D eigenvalue weighted by molar-refractivity contribution is -0.144. The highest BCUT2D eigenvalue weighted by molar-refractivity contribution is 5.78. The molecule has 0 aliphatic heterocycles. The Hall–Kier alpha value is -2.24. The van der Waals surface area contributed by atoms with E-state index in [0.29, 0.717) is 32.1 Å². The van der Waals surface area contributed by atoms with Crippen LogP contribution in [0.3, 0.4) is 0 Å². The van der Waals surface area contributed by atoms with Crippen molar-refractivity contribution in [3.63, 3.8) is 0 Å². The smallest absolute Gasteiger partial charge is 0.307 e. The molecule has 0 saturated carbocycles. The second-order valence-corrected chi connectivity index (χ2v) is 5.48. The fraction of sp³-hybridized carbons (Fsp3) is 0.579. The van der Waals surface area contributed by atoms with Gasteiger partial charge in [0.1, 0.15) is 11.5 Å². The van der Waals surface area contributed by atoms with Gasteiger partial charge in [-0.05, 0) is 44.5 Å². The van der Waals surface area contributed by atoms with E-state index >= 15 is 0 Å². The molecule has 6 nitrogen and oxygen atoms in total. The van der Waals surface area contributed by atoms with Gasteiger partial charge < -0.3 is 19.1 Å². The van der Waals surface area contributed by atoms with Crippen molar-refractivity contribution in [2.24, 2.45) is 0 Å². The van der Waals surface area contributed by atoms with E-state index in [0.717, 1.165) is 18.6 Å². The largest absolute Gasteiger partial charge is 0.494 e. The summed E-state index contributed by atoms with van der Waals surface area (Å²) >= 11 is 0. The molecule has 0 heterocycles. The molecule has 0 fully saturated rings. The second-order valence-electron chi connectivity index (χ2n) is 5.48. The molecule has 0 radical (unpaired) electrons. The lowest BCUT2D eigenvalue weighted by Gasteiger charge is -2.22. The van der Waals surface area contributed by atoms with E-state index in [2.05, 4.69) is 6.92 Å². The van der Waals surface area contributed by atoms with Crippen LogP contribution in [0, 0.1) is 0 Å². The van der Waals surface area contributed by atoms with Crippen LogP contribution in [0.2, 0.25) is 0 Å². The quantitative estimate of drug-likeness (QED) is 0.542. The number of ether oxygens (including phenoxy) is 3. The maximum absolute atomic E-state index is 12.4. The first kappa shape index (κ1) is 20.8. The van der Waals surface area contributed by atoms with Gasteiger partial charge in [-0.15, -0.1) is 0 Å². The van der Waals surface area contributed by atoms with Crippen molar-refractivity contribution in [2.45, 2.75) is 40.0 Å². The number of carbonyl (C=O) groups excluding carboxylic acids is 2. The standard InChI is InChI=1S/C19H29NO5/c1-4-7-13-20(14-12-19(22)24-6-3)18(21)15-25-17-10-8-16(9-11-17)23-5-2/h8-11H,4-7,12-15H2,1-3H3. The number of esters is 1. The Morgan fingerprint density at radius 1 is 0.920 bits per heavy atom. The third kappa shape index (κ3) is 8.42. The first-order valence-corrected chi connectivity index (χ1v) is 8.89. The van der Waals surface area contributed by atoms with Gasteiger partial charge in [-0.25, -0.2) is 0 Å². The molecule has 1 rings (SSSR count). The van der Waals surface area contributed by atoms with Gasteiger partial charge in [-0.2, -0.15) is 0 Å². The van der Waals surface area contributed by atoms with Gasteiger partial charge in [0.2, 0.25) is 0 Å². The number of nitrogens with zero attached hydrogens (tertiary/aromatic N) is 1. The first-order chi connectivity index (χ1) is 12.1. The van der Waals surface area contributed by atoms with E-state index in [9.17, 15) is 9.59 Å². The lowest BCUT2D eigenvalue weighted by atomic mass is 10.3. The summed E-state index contributed by atoms with van der Waals surface area (Å²) in [6.45, 7) is 7.61. The molecule has 1 aromatic carbocycles. The topological polar surface area (TPSA) is 65.1 Å². The molecule has 25 heavy (non-hydrogen) atoms.